The lowest BCUT2D eigenvalue weighted by molar-refractivity contribution is 0.184. The largest absolute Gasteiger partial charge is 0.491 e. The summed E-state index contributed by atoms with van der Waals surface area (Å²) in [7, 11) is 0. The predicted octanol–water partition coefficient (Wildman–Crippen LogP) is 3.88. The van der Waals surface area contributed by atoms with E-state index < -0.39 is 0 Å². The number of hydrogen-bond acceptors (Lipinski definition) is 4. The van der Waals surface area contributed by atoms with E-state index in [2.05, 4.69) is 44.2 Å². The maximum absolute atomic E-state index is 5.72. The van der Waals surface area contributed by atoms with Gasteiger partial charge in [0, 0.05) is 11.8 Å². The van der Waals surface area contributed by atoms with Crippen molar-refractivity contribution in [1.82, 2.24) is 0 Å². The van der Waals surface area contributed by atoms with Crippen molar-refractivity contribution < 1.29 is 18.9 Å². The molecule has 0 spiro atoms. The molecule has 0 N–H and O–H groups in total. The van der Waals surface area contributed by atoms with Crippen molar-refractivity contribution in [2.24, 2.45) is 0 Å². The standard InChI is InChI=1S/C21H24O4/c1-21(2,15-3-7-17(8-4-15)22-11-19-13-24-19)16-5-9-18(10-6-16)23-12-20-14-25-20/h3-9,12,18-19H,10-11,13-14H2,1-2H3/b20-12-. The number of benzene rings is 1. The highest BCUT2D eigenvalue weighted by Gasteiger charge is 2.27. The molecule has 0 saturated carbocycles. The molecule has 3 aliphatic rings. The molecule has 25 heavy (non-hydrogen) atoms. The Morgan fingerprint density at radius 2 is 2.00 bits per heavy atom. The van der Waals surface area contributed by atoms with Crippen LogP contribution < -0.4 is 4.74 Å². The zero-order valence-corrected chi connectivity index (χ0v) is 14.7. The van der Waals surface area contributed by atoms with E-state index in [1.54, 1.807) is 6.26 Å². The van der Waals surface area contributed by atoms with Gasteiger partial charge in [-0.2, -0.15) is 0 Å². The van der Waals surface area contributed by atoms with Gasteiger partial charge in [0.15, 0.2) is 5.76 Å². The van der Waals surface area contributed by atoms with E-state index >= 15 is 0 Å². The quantitative estimate of drug-likeness (QED) is 0.558. The van der Waals surface area contributed by atoms with Gasteiger partial charge in [0.25, 0.3) is 0 Å². The molecule has 4 heteroatoms. The smallest absolute Gasteiger partial charge is 0.168 e. The summed E-state index contributed by atoms with van der Waals surface area (Å²) in [6.07, 6.45) is 9.55. The molecule has 0 radical (unpaired) electrons. The van der Waals surface area contributed by atoms with Crippen LogP contribution in [0.1, 0.15) is 25.8 Å². The lowest BCUT2D eigenvalue weighted by Crippen LogP contribution is -2.22. The van der Waals surface area contributed by atoms with Crippen molar-refractivity contribution in [3.05, 3.63) is 65.7 Å². The van der Waals surface area contributed by atoms with Gasteiger partial charge in [0.05, 0.1) is 6.61 Å². The molecular weight excluding hydrogens is 316 g/mol. The summed E-state index contributed by atoms with van der Waals surface area (Å²) in [4.78, 5) is 0. The molecule has 2 aliphatic heterocycles. The van der Waals surface area contributed by atoms with E-state index in [1.807, 2.05) is 12.1 Å². The maximum Gasteiger partial charge on any atom is 0.168 e. The molecule has 4 rings (SSSR count). The van der Waals surface area contributed by atoms with Crippen LogP contribution in [0.15, 0.2) is 60.1 Å². The summed E-state index contributed by atoms with van der Waals surface area (Å²) in [5.41, 5.74) is 2.52. The first-order valence-electron chi connectivity index (χ1n) is 8.82. The first-order chi connectivity index (χ1) is 12.1. The second-order valence-corrected chi connectivity index (χ2v) is 7.22. The van der Waals surface area contributed by atoms with E-state index in [4.69, 9.17) is 18.9 Å². The third kappa shape index (κ3) is 4.07. The van der Waals surface area contributed by atoms with Crippen LogP contribution in [-0.4, -0.2) is 32.0 Å². The lowest BCUT2D eigenvalue weighted by Gasteiger charge is -2.30. The average Bonchev–Trinajstić information content (AvgIpc) is 3.54. The molecule has 2 unspecified atom stereocenters. The van der Waals surface area contributed by atoms with E-state index in [0.29, 0.717) is 13.2 Å². The minimum atomic E-state index is -0.0579. The van der Waals surface area contributed by atoms with Gasteiger partial charge in [-0.15, -0.1) is 0 Å². The first kappa shape index (κ1) is 16.3. The molecule has 2 saturated heterocycles. The molecule has 4 nitrogen and oxygen atoms in total. The Balaban J connectivity index is 1.38. The van der Waals surface area contributed by atoms with Gasteiger partial charge in [0.1, 0.15) is 37.4 Å². The number of ether oxygens (including phenoxy) is 4. The number of allylic oxidation sites excluding steroid dienone is 2. The Morgan fingerprint density at radius 1 is 1.24 bits per heavy atom. The van der Waals surface area contributed by atoms with Gasteiger partial charge in [0.2, 0.25) is 0 Å². The van der Waals surface area contributed by atoms with Crippen molar-refractivity contribution in [1.29, 1.82) is 0 Å². The molecule has 2 heterocycles. The molecule has 1 aromatic rings. The number of rotatable bonds is 7. The maximum atomic E-state index is 5.72. The Morgan fingerprint density at radius 3 is 2.60 bits per heavy atom. The summed E-state index contributed by atoms with van der Waals surface area (Å²) in [6.45, 7) is 6.66. The second-order valence-electron chi connectivity index (χ2n) is 7.22. The van der Waals surface area contributed by atoms with Crippen LogP contribution in [0.3, 0.4) is 0 Å². The fourth-order valence-electron chi connectivity index (χ4n) is 2.93. The monoisotopic (exact) mass is 340 g/mol. The van der Waals surface area contributed by atoms with Crippen LogP contribution >= 0.6 is 0 Å². The van der Waals surface area contributed by atoms with Crippen molar-refractivity contribution in [2.45, 2.75) is 37.9 Å². The number of hydrogen-bond donors (Lipinski definition) is 0. The highest BCUT2D eigenvalue weighted by Crippen LogP contribution is 2.35. The van der Waals surface area contributed by atoms with Crippen LogP contribution in [0.2, 0.25) is 0 Å². The Hall–Kier alpha value is -2.20. The predicted molar refractivity (Wildman–Crippen MR) is 95.5 cm³/mol. The highest BCUT2D eigenvalue weighted by atomic mass is 16.6. The summed E-state index contributed by atoms with van der Waals surface area (Å²) < 4.78 is 21.6. The topological polar surface area (TPSA) is 43.5 Å². The average molecular weight is 340 g/mol. The highest BCUT2D eigenvalue weighted by molar-refractivity contribution is 5.43. The van der Waals surface area contributed by atoms with Crippen molar-refractivity contribution >= 4 is 0 Å². The van der Waals surface area contributed by atoms with Gasteiger partial charge < -0.3 is 18.9 Å². The van der Waals surface area contributed by atoms with E-state index in [0.717, 1.165) is 24.5 Å². The lowest BCUT2D eigenvalue weighted by atomic mass is 9.75. The number of epoxide rings is 2. The minimum absolute atomic E-state index is 0.0579. The third-order valence-corrected chi connectivity index (χ3v) is 4.88. The normalized spacial score (nSPS) is 26.0. The SMILES string of the molecule is CC(C)(C1=CCC(O/C=C2/CO2)C=C1)c1ccc(OCC2CO2)cc1. The van der Waals surface area contributed by atoms with E-state index in [1.165, 1.54) is 11.1 Å². The van der Waals surface area contributed by atoms with E-state index in [9.17, 15) is 0 Å². The molecule has 1 aromatic carbocycles. The van der Waals surface area contributed by atoms with Crippen LogP contribution in [0, 0.1) is 0 Å². The van der Waals surface area contributed by atoms with Crippen molar-refractivity contribution in [3.8, 4) is 5.75 Å². The Labute approximate surface area is 148 Å². The van der Waals surface area contributed by atoms with Gasteiger partial charge in [-0.25, -0.2) is 0 Å². The second kappa shape index (κ2) is 6.60. The van der Waals surface area contributed by atoms with Crippen LogP contribution in [0.25, 0.3) is 0 Å². The Kier molecular flexibility index (Phi) is 4.30. The zero-order valence-electron chi connectivity index (χ0n) is 14.7. The van der Waals surface area contributed by atoms with E-state index in [-0.39, 0.29) is 17.6 Å². The fraction of sp³-hybridized carbons (Fsp3) is 0.429. The molecule has 2 atom stereocenters. The summed E-state index contributed by atoms with van der Waals surface area (Å²) in [5, 5.41) is 0. The molecular formula is C21H24O4. The van der Waals surface area contributed by atoms with Gasteiger partial charge in [-0.1, -0.05) is 38.1 Å². The van der Waals surface area contributed by atoms with Gasteiger partial charge in [-0.05, 0) is 29.3 Å². The third-order valence-electron chi connectivity index (χ3n) is 4.88. The zero-order chi connectivity index (χ0) is 17.3. The summed E-state index contributed by atoms with van der Waals surface area (Å²) >= 11 is 0. The minimum Gasteiger partial charge on any atom is -0.491 e. The molecule has 2 fully saturated rings. The first-order valence-corrected chi connectivity index (χ1v) is 8.82. The molecule has 0 bridgehead atoms. The molecule has 1 aliphatic carbocycles. The molecule has 132 valence electrons. The Bertz CT molecular complexity index is 702. The summed E-state index contributed by atoms with van der Waals surface area (Å²) in [6, 6.07) is 8.38. The van der Waals surface area contributed by atoms with Crippen molar-refractivity contribution in [2.75, 3.05) is 19.8 Å². The summed E-state index contributed by atoms with van der Waals surface area (Å²) in [5.74, 6) is 1.83. The van der Waals surface area contributed by atoms with Crippen molar-refractivity contribution in [3.63, 3.8) is 0 Å². The fourth-order valence-corrected chi connectivity index (χ4v) is 2.93. The molecule has 0 aromatic heterocycles. The van der Waals surface area contributed by atoms with Gasteiger partial charge >= 0.3 is 0 Å². The van der Waals surface area contributed by atoms with Gasteiger partial charge in [-0.3, -0.25) is 0 Å². The van der Waals surface area contributed by atoms with Crippen LogP contribution in [0.5, 0.6) is 5.75 Å². The van der Waals surface area contributed by atoms with Crippen LogP contribution in [-0.2, 0) is 19.6 Å². The van der Waals surface area contributed by atoms with Crippen LogP contribution in [0.4, 0.5) is 0 Å². The molecule has 0 amide bonds.